The molecule has 22 heavy (non-hydrogen) atoms. The van der Waals surface area contributed by atoms with Crippen LogP contribution in [0.1, 0.15) is 0 Å². The topological polar surface area (TPSA) is 109 Å². The van der Waals surface area contributed by atoms with Crippen LogP contribution in [0.3, 0.4) is 0 Å². The van der Waals surface area contributed by atoms with Crippen LogP contribution in [0.2, 0.25) is 0 Å². The molecule has 1 atom stereocenters. The van der Waals surface area contributed by atoms with Crippen molar-refractivity contribution in [1.29, 1.82) is 0 Å². The first-order valence-corrected chi connectivity index (χ1v) is 6.34. The summed E-state index contributed by atoms with van der Waals surface area (Å²) in [4.78, 5) is 15.7. The van der Waals surface area contributed by atoms with E-state index in [9.17, 15) is 9.18 Å². The van der Waals surface area contributed by atoms with Gasteiger partial charge in [-0.25, -0.2) is 13.9 Å². The Morgan fingerprint density at radius 3 is 3.09 bits per heavy atom. The van der Waals surface area contributed by atoms with Gasteiger partial charge < -0.3 is 4.74 Å². The van der Waals surface area contributed by atoms with E-state index in [1.54, 1.807) is 6.07 Å². The van der Waals surface area contributed by atoms with Gasteiger partial charge in [-0.3, -0.25) is 4.90 Å². The molecule has 1 amide bonds. The summed E-state index contributed by atoms with van der Waals surface area (Å²) in [5, 5.41) is 10.7. The molecule has 9 nitrogen and oxygen atoms in total. The standard InChI is InChI=1S/C12H10FN7O2/c13-10-5-8(1-2-11(10)20-4-3-15-18-20)19-7-9(6-16-17-14)22-12(19)21/h1-5,9H,6-7H2/t9-/m0/s1. The van der Waals surface area contributed by atoms with Gasteiger partial charge in [0.05, 0.1) is 31.2 Å². The Balaban J connectivity index is 1.82. The molecule has 0 spiro atoms. The van der Waals surface area contributed by atoms with E-state index in [1.165, 1.54) is 34.1 Å². The molecule has 1 fully saturated rings. The molecule has 2 heterocycles. The van der Waals surface area contributed by atoms with Crippen molar-refractivity contribution in [3.05, 3.63) is 46.9 Å². The van der Waals surface area contributed by atoms with Gasteiger partial charge in [0.15, 0.2) is 5.82 Å². The average Bonchev–Trinajstić information content (AvgIpc) is 3.14. The zero-order valence-electron chi connectivity index (χ0n) is 11.2. The maximum atomic E-state index is 14.2. The number of carbonyl (C=O) groups excluding carboxylic acids is 1. The number of azide groups is 1. The number of hydrogen-bond donors (Lipinski definition) is 0. The lowest BCUT2D eigenvalue weighted by Crippen LogP contribution is -2.25. The molecule has 1 aliphatic heterocycles. The monoisotopic (exact) mass is 303 g/mol. The zero-order valence-corrected chi connectivity index (χ0v) is 11.2. The van der Waals surface area contributed by atoms with Crippen LogP contribution in [0, 0.1) is 5.82 Å². The average molecular weight is 303 g/mol. The molecule has 0 aliphatic carbocycles. The van der Waals surface area contributed by atoms with Gasteiger partial charge in [0, 0.05) is 4.91 Å². The molecule has 10 heteroatoms. The van der Waals surface area contributed by atoms with Crippen LogP contribution >= 0.6 is 0 Å². The van der Waals surface area contributed by atoms with Crippen LogP contribution in [0.15, 0.2) is 35.7 Å². The van der Waals surface area contributed by atoms with Gasteiger partial charge in [-0.05, 0) is 23.7 Å². The summed E-state index contributed by atoms with van der Waals surface area (Å²) in [5.41, 5.74) is 8.85. The van der Waals surface area contributed by atoms with E-state index in [1.807, 2.05) is 0 Å². The number of ether oxygens (including phenoxy) is 1. The molecule has 3 rings (SSSR count). The van der Waals surface area contributed by atoms with Crippen LogP contribution in [-0.2, 0) is 4.74 Å². The summed E-state index contributed by atoms with van der Waals surface area (Å²) >= 11 is 0. The second-order valence-corrected chi connectivity index (χ2v) is 4.51. The molecule has 0 bridgehead atoms. The Kier molecular flexibility index (Phi) is 3.58. The van der Waals surface area contributed by atoms with Crippen molar-refractivity contribution >= 4 is 11.8 Å². The van der Waals surface area contributed by atoms with Crippen LogP contribution < -0.4 is 4.90 Å². The van der Waals surface area contributed by atoms with Crippen molar-refractivity contribution in [2.75, 3.05) is 18.0 Å². The first kappa shape index (κ1) is 13.8. The number of hydrogen-bond acceptors (Lipinski definition) is 5. The van der Waals surface area contributed by atoms with Crippen molar-refractivity contribution in [1.82, 2.24) is 15.0 Å². The quantitative estimate of drug-likeness (QED) is 0.489. The lowest BCUT2D eigenvalue weighted by Gasteiger charge is -2.14. The van der Waals surface area contributed by atoms with Gasteiger partial charge in [-0.2, -0.15) is 0 Å². The highest BCUT2D eigenvalue weighted by molar-refractivity contribution is 5.89. The van der Waals surface area contributed by atoms with E-state index in [0.29, 0.717) is 5.69 Å². The summed E-state index contributed by atoms with van der Waals surface area (Å²) in [6.07, 6.45) is 1.80. The van der Waals surface area contributed by atoms with Crippen LogP contribution in [-0.4, -0.2) is 40.3 Å². The van der Waals surface area contributed by atoms with E-state index in [2.05, 4.69) is 20.3 Å². The molecular formula is C12H10FN7O2. The normalized spacial score (nSPS) is 17.2. The zero-order chi connectivity index (χ0) is 15.5. The summed E-state index contributed by atoms with van der Waals surface area (Å²) in [5.74, 6) is -0.547. The van der Waals surface area contributed by atoms with E-state index >= 15 is 0 Å². The summed E-state index contributed by atoms with van der Waals surface area (Å²) < 4.78 is 20.5. The first-order chi connectivity index (χ1) is 10.7. The lowest BCUT2D eigenvalue weighted by molar-refractivity contribution is 0.145. The molecule has 0 N–H and O–H groups in total. The predicted molar refractivity (Wildman–Crippen MR) is 72.9 cm³/mol. The molecule has 0 radical (unpaired) electrons. The van der Waals surface area contributed by atoms with E-state index in [4.69, 9.17) is 10.3 Å². The minimum atomic E-state index is -0.606. The number of aromatic nitrogens is 3. The van der Waals surface area contributed by atoms with Gasteiger partial charge >= 0.3 is 6.09 Å². The molecule has 112 valence electrons. The number of amides is 1. The Hall–Kier alpha value is -3.13. The minimum absolute atomic E-state index is 0.0399. The van der Waals surface area contributed by atoms with Crippen molar-refractivity contribution in [3.63, 3.8) is 0 Å². The van der Waals surface area contributed by atoms with Gasteiger partial charge in [-0.15, -0.1) is 5.10 Å². The number of rotatable bonds is 4. The molecule has 1 aromatic heterocycles. The van der Waals surface area contributed by atoms with Crippen LogP contribution in [0.5, 0.6) is 0 Å². The van der Waals surface area contributed by atoms with Gasteiger partial charge in [0.25, 0.3) is 0 Å². The van der Waals surface area contributed by atoms with E-state index < -0.39 is 18.0 Å². The SMILES string of the molecule is [N-]=[N+]=NC[C@H]1CN(c2ccc(-n3ccnn3)c(F)c2)C(=O)O1. The highest BCUT2D eigenvalue weighted by atomic mass is 19.1. The fraction of sp³-hybridized carbons (Fsp3) is 0.250. The molecule has 2 aromatic rings. The molecule has 1 aromatic carbocycles. The minimum Gasteiger partial charge on any atom is -0.444 e. The fourth-order valence-electron chi connectivity index (χ4n) is 2.14. The second-order valence-electron chi connectivity index (χ2n) is 4.51. The number of carbonyl (C=O) groups is 1. The first-order valence-electron chi connectivity index (χ1n) is 6.34. The second kappa shape index (κ2) is 5.70. The van der Waals surface area contributed by atoms with Crippen molar-refractivity contribution in [3.8, 4) is 5.69 Å². The van der Waals surface area contributed by atoms with Crippen LogP contribution in [0.4, 0.5) is 14.9 Å². The fourth-order valence-corrected chi connectivity index (χ4v) is 2.14. The number of cyclic esters (lactones) is 1. The maximum absolute atomic E-state index is 14.2. The van der Waals surface area contributed by atoms with Gasteiger partial charge in [0.1, 0.15) is 11.8 Å². The summed E-state index contributed by atoms with van der Waals surface area (Å²) in [6, 6.07) is 4.29. The number of benzene rings is 1. The highest BCUT2D eigenvalue weighted by Gasteiger charge is 2.32. The Morgan fingerprint density at radius 1 is 1.55 bits per heavy atom. The van der Waals surface area contributed by atoms with Crippen LogP contribution in [0.25, 0.3) is 16.1 Å². The van der Waals surface area contributed by atoms with Crippen molar-refractivity contribution < 1.29 is 13.9 Å². The third kappa shape index (κ3) is 2.54. The van der Waals surface area contributed by atoms with Gasteiger partial charge in [0.2, 0.25) is 0 Å². The number of anilines is 1. The maximum Gasteiger partial charge on any atom is 0.414 e. The van der Waals surface area contributed by atoms with Crippen molar-refractivity contribution in [2.24, 2.45) is 5.11 Å². The van der Waals surface area contributed by atoms with Gasteiger partial charge in [-0.1, -0.05) is 10.3 Å². The smallest absolute Gasteiger partial charge is 0.414 e. The Morgan fingerprint density at radius 2 is 2.41 bits per heavy atom. The molecule has 0 unspecified atom stereocenters. The summed E-state index contributed by atoms with van der Waals surface area (Å²) in [7, 11) is 0. The third-order valence-electron chi connectivity index (χ3n) is 3.13. The Bertz CT molecular complexity index is 742. The van der Waals surface area contributed by atoms with E-state index in [0.717, 1.165) is 0 Å². The third-order valence-corrected chi connectivity index (χ3v) is 3.13. The predicted octanol–water partition coefficient (Wildman–Crippen LogP) is 2.04. The number of nitrogens with zero attached hydrogens (tertiary/aromatic N) is 7. The Labute approximate surface area is 123 Å². The number of halogens is 1. The molecule has 1 aliphatic rings. The molecule has 0 saturated carbocycles. The van der Waals surface area contributed by atoms with E-state index in [-0.39, 0.29) is 18.8 Å². The van der Waals surface area contributed by atoms with Crippen molar-refractivity contribution in [2.45, 2.75) is 6.10 Å². The lowest BCUT2D eigenvalue weighted by atomic mass is 10.2. The summed E-state index contributed by atoms with van der Waals surface area (Å²) in [6.45, 7) is 0.234. The molecule has 1 saturated heterocycles. The largest absolute Gasteiger partial charge is 0.444 e. The highest BCUT2D eigenvalue weighted by Crippen LogP contribution is 2.25. The molecular weight excluding hydrogens is 293 g/mol.